The summed E-state index contributed by atoms with van der Waals surface area (Å²) in [4.78, 5) is 0. The number of anilines is 1. The van der Waals surface area contributed by atoms with Crippen molar-refractivity contribution in [2.24, 2.45) is 0 Å². The third kappa shape index (κ3) is 4.43. The first-order valence-corrected chi connectivity index (χ1v) is 9.54. The van der Waals surface area contributed by atoms with Crippen molar-refractivity contribution >= 4 is 13.4 Å². The van der Waals surface area contributed by atoms with Crippen molar-refractivity contribution in [1.82, 2.24) is 0 Å². The Kier molecular flexibility index (Phi) is 5.11. The van der Waals surface area contributed by atoms with Crippen LogP contribution in [0, 0.1) is 13.8 Å². The lowest BCUT2D eigenvalue weighted by Crippen LogP contribution is -2.10. The van der Waals surface area contributed by atoms with Gasteiger partial charge in [0.25, 0.3) is 0 Å². The highest BCUT2D eigenvalue weighted by Gasteiger charge is 2.30. The van der Waals surface area contributed by atoms with Gasteiger partial charge >= 0.3 is 7.75 Å². The van der Waals surface area contributed by atoms with E-state index in [9.17, 15) is 4.57 Å². The van der Waals surface area contributed by atoms with Crippen LogP contribution in [0.25, 0.3) is 0 Å². The topological polar surface area (TPSA) is 47.6 Å². The van der Waals surface area contributed by atoms with Gasteiger partial charge in [-0.05, 0) is 49.2 Å². The van der Waals surface area contributed by atoms with Crippen LogP contribution >= 0.6 is 7.75 Å². The Morgan fingerprint density at radius 1 is 0.680 bits per heavy atom. The smallest absolute Gasteiger partial charge is 0.400 e. The van der Waals surface area contributed by atoms with Gasteiger partial charge in [-0.25, -0.2) is 4.57 Å². The molecule has 5 heteroatoms. The molecule has 0 aromatic heterocycles. The molecule has 0 aliphatic rings. The summed E-state index contributed by atoms with van der Waals surface area (Å²) in [5, 5.41) is 2.92. The molecular weight excluding hydrogens is 333 g/mol. The first-order chi connectivity index (χ1) is 12.1. The number of hydrogen-bond acceptors (Lipinski definition) is 3. The van der Waals surface area contributed by atoms with Crippen LogP contribution in [0.15, 0.2) is 78.9 Å². The highest BCUT2D eigenvalue weighted by molar-refractivity contribution is 7.56. The summed E-state index contributed by atoms with van der Waals surface area (Å²) in [6, 6.07) is 24.1. The van der Waals surface area contributed by atoms with E-state index in [1.165, 1.54) is 0 Å². The second-order valence-corrected chi connectivity index (χ2v) is 7.27. The average Bonchev–Trinajstić information content (AvgIpc) is 2.60. The van der Waals surface area contributed by atoms with E-state index in [2.05, 4.69) is 5.09 Å². The summed E-state index contributed by atoms with van der Waals surface area (Å²) in [6.07, 6.45) is 0. The lowest BCUT2D eigenvalue weighted by molar-refractivity contribution is 0.390. The average molecular weight is 353 g/mol. The zero-order valence-corrected chi connectivity index (χ0v) is 15.1. The minimum Gasteiger partial charge on any atom is -0.400 e. The van der Waals surface area contributed by atoms with E-state index in [4.69, 9.17) is 9.05 Å². The van der Waals surface area contributed by atoms with Crippen LogP contribution in [-0.2, 0) is 4.57 Å². The quantitative estimate of drug-likeness (QED) is 0.554. The molecule has 4 nitrogen and oxygen atoms in total. The van der Waals surface area contributed by atoms with Gasteiger partial charge in [0.05, 0.1) is 0 Å². The number of rotatable bonds is 6. The van der Waals surface area contributed by atoms with Crippen LogP contribution in [0.1, 0.15) is 11.1 Å². The number of hydrogen-bond donors (Lipinski definition) is 1. The number of nitrogens with one attached hydrogen (secondary N) is 1. The molecule has 25 heavy (non-hydrogen) atoms. The molecule has 0 radical (unpaired) electrons. The SMILES string of the molecule is Cc1ccccc1OP(=O)(Nc1ccccc1)Oc1ccccc1C. The Morgan fingerprint density at radius 2 is 1.12 bits per heavy atom. The third-order valence-corrected chi connectivity index (χ3v) is 5.07. The fourth-order valence-electron chi connectivity index (χ4n) is 2.31. The van der Waals surface area contributed by atoms with Crippen LogP contribution in [0.4, 0.5) is 5.69 Å². The molecule has 3 rings (SSSR count). The molecule has 0 amide bonds. The van der Waals surface area contributed by atoms with Gasteiger partial charge in [0.2, 0.25) is 0 Å². The first kappa shape index (κ1) is 17.1. The Balaban J connectivity index is 1.94. The summed E-state index contributed by atoms with van der Waals surface area (Å²) in [5.41, 5.74) is 2.42. The zero-order chi connectivity index (χ0) is 17.7. The minimum atomic E-state index is -3.69. The van der Waals surface area contributed by atoms with E-state index >= 15 is 0 Å². The van der Waals surface area contributed by atoms with E-state index in [1.54, 1.807) is 12.1 Å². The molecule has 0 saturated carbocycles. The molecule has 3 aromatic carbocycles. The highest BCUT2D eigenvalue weighted by Crippen LogP contribution is 2.49. The van der Waals surface area contributed by atoms with Gasteiger partial charge in [-0.2, -0.15) is 0 Å². The van der Waals surface area contributed by atoms with E-state index in [-0.39, 0.29) is 0 Å². The molecule has 0 spiro atoms. The molecule has 128 valence electrons. The van der Waals surface area contributed by atoms with Gasteiger partial charge < -0.3 is 9.05 Å². The second-order valence-electron chi connectivity index (χ2n) is 5.69. The monoisotopic (exact) mass is 353 g/mol. The lowest BCUT2D eigenvalue weighted by atomic mass is 10.2. The third-order valence-electron chi connectivity index (χ3n) is 3.66. The predicted molar refractivity (Wildman–Crippen MR) is 101 cm³/mol. The molecule has 1 N–H and O–H groups in total. The van der Waals surface area contributed by atoms with Crippen LogP contribution < -0.4 is 14.1 Å². The van der Waals surface area contributed by atoms with Crippen molar-refractivity contribution in [1.29, 1.82) is 0 Å². The van der Waals surface area contributed by atoms with Gasteiger partial charge in [0, 0.05) is 5.69 Å². The highest BCUT2D eigenvalue weighted by atomic mass is 31.2. The molecule has 0 unspecified atom stereocenters. The predicted octanol–water partition coefficient (Wildman–Crippen LogP) is 5.98. The van der Waals surface area contributed by atoms with Crippen molar-refractivity contribution < 1.29 is 13.6 Å². The summed E-state index contributed by atoms with van der Waals surface area (Å²) < 4.78 is 25.1. The van der Waals surface area contributed by atoms with E-state index in [1.807, 2.05) is 80.6 Å². The minimum absolute atomic E-state index is 0.517. The molecule has 0 saturated heterocycles. The van der Waals surface area contributed by atoms with Crippen LogP contribution in [-0.4, -0.2) is 0 Å². The Bertz CT molecular complexity index is 845. The lowest BCUT2D eigenvalue weighted by Gasteiger charge is -2.22. The van der Waals surface area contributed by atoms with E-state index in [0.717, 1.165) is 11.1 Å². The number of aryl methyl sites for hydroxylation is 2. The Labute approximate surface area is 148 Å². The molecule has 0 bridgehead atoms. The van der Waals surface area contributed by atoms with Crippen LogP contribution in [0.2, 0.25) is 0 Å². The Hall–Kier alpha value is -2.71. The van der Waals surface area contributed by atoms with Gasteiger partial charge in [-0.3, -0.25) is 5.09 Å². The molecule has 0 aliphatic heterocycles. The molecule has 3 aromatic rings. The van der Waals surface area contributed by atoms with Gasteiger partial charge in [0.15, 0.2) is 0 Å². The number of para-hydroxylation sites is 3. The maximum Gasteiger partial charge on any atom is 0.541 e. The first-order valence-electron chi connectivity index (χ1n) is 7.99. The molecular formula is C20H20NO3P. The maximum absolute atomic E-state index is 13.5. The van der Waals surface area contributed by atoms with Crippen molar-refractivity contribution in [3.05, 3.63) is 90.0 Å². The van der Waals surface area contributed by atoms with Crippen LogP contribution in [0.3, 0.4) is 0 Å². The van der Waals surface area contributed by atoms with Crippen molar-refractivity contribution in [2.75, 3.05) is 5.09 Å². The fourth-order valence-corrected chi connectivity index (χ4v) is 3.83. The second kappa shape index (κ2) is 7.45. The zero-order valence-electron chi connectivity index (χ0n) is 14.2. The van der Waals surface area contributed by atoms with E-state index < -0.39 is 7.75 Å². The molecule has 0 heterocycles. The summed E-state index contributed by atoms with van der Waals surface area (Å²) >= 11 is 0. The van der Waals surface area contributed by atoms with Gasteiger partial charge in [0.1, 0.15) is 11.5 Å². The van der Waals surface area contributed by atoms with E-state index in [0.29, 0.717) is 17.2 Å². The van der Waals surface area contributed by atoms with Gasteiger partial charge in [-0.15, -0.1) is 0 Å². The fraction of sp³-hybridized carbons (Fsp3) is 0.100. The molecule has 0 fully saturated rings. The maximum atomic E-state index is 13.5. The Morgan fingerprint density at radius 3 is 1.60 bits per heavy atom. The standard InChI is InChI=1S/C20H20NO3P/c1-16-10-6-8-14-19(16)23-25(22,21-18-12-4-3-5-13-18)24-20-15-9-7-11-17(20)2/h3-15H,1-2H3,(H,21,22). The van der Waals surface area contributed by atoms with Crippen molar-refractivity contribution in [2.45, 2.75) is 13.8 Å². The van der Waals surface area contributed by atoms with Crippen molar-refractivity contribution in [3.63, 3.8) is 0 Å². The van der Waals surface area contributed by atoms with Crippen LogP contribution in [0.5, 0.6) is 11.5 Å². The summed E-state index contributed by atoms with van der Waals surface area (Å²) in [5.74, 6) is 1.03. The summed E-state index contributed by atoms with van der Waals surface area (Å²) in [6.45, 7) is 3.80. The number of benzene rings is 3. The normalized spacial score (nSPS) is 11.0. The molecule has 0 aliphatic carbocycles. The largest absolute Gasteiger partial charge is 0.541 e. The van der Waals surface area contributed by atoms with Gasteiger partial charge in [-0.1, -0.05) is 54.6 Å². The molecule has 0 atom stereocenters. The summed E-state index contributed by atoms with van der Waals surface area (Å²) in [7, 11) is -3.69. The van der Waals surface area contributed by atoms with Crippen molar-refractivity contribution in [3.8, 4) is 11.5 Å².